The Kier molecular flexibility index (Phi) is 52.5. The van der Waals surface area contributed by atoms with Gasteiger partial charge < -0.3 is 28.8 Å². The Hall–Kier alpha value is -0.760. The predicted molar refractivity (Wildman–Crippen MR) is 302 cm³/mol. The molecule has 0 bridgehead atoms. The lowest BCUT2D eigenvalue weighted by atomic mass is 10.0. The molecule has 3 unspecified atom stereocenters. The van der Waals surface area contributed by atoms with Crippen LogP contribution in [0.15, 0.2) is 12.2 Å². The van der Waals surface area contributed by atoms with Crippen LogP contribution in [-0.2, 0) is 18.4 Å². The topological polar surface area (TPSA) is 108 Å². The van der Waals surface area contributed by atoms with Crippen LogP contribution in [0.3, 0.4) is 0 Å². The molecule has 0 saturated carbocycles. The van der Waals surface area contributed by atoms with E-state index in [4.69, 9.17) is 9.05 Å². The molecule has 3 atom stereocenters. The first-order chi connectivity index (χ1) is 34.0. The first-order valence-electron chi connectivity index (χ1n) is 31.0. The van der Waals surface area contributed by atoms with E-state index in [1.807, 2.05) is 21.1 Å². The van der Waals surface area contributed by atoms with Crippen LogP contribution in [0.4, 0.5) is 0 Å². The second kappa shape index (κ2) is 53.1. The van der Waals surface area contributed by atoms with Gasteiger partial charge in [0.15, 0.2) is 0 Å². The maximum atomic E-state index is 13.0. The summed E-state index contributed by atoms with van der Waals surface area (Å²) in [4.78, 5) is 25.5. The van der Waals surface area contributed by atoms with Gasteiger partial charge in [0.05, 0.1) is 39.9 Å². The van der Waals surface area contributed by atoms with Crippen molar-refractivity contribution in [3.8, 4) is 0 Å². The summed E-state index contributed by atoms with van der Waals surface area (Å²) in [6.07, 6.45) is 65.6. The van der Waals surface area contributed by atoms with E-state index in [1.165, 1.54) is 257 Å². The molecule has 0 aliphatic carbocycles. The van der Waals surface area contributed by atoms with Crippen molar-refractivity contribution >= 4 is 13.7 Å². The molecule has 8 nitrogen and oxygen atoms in total. The number of likely N-dealkylation sites (N-methyl/N-ethyl adjacent to an activating group) is 1. The molecule has 418 valence electrons. The fraction of sp³-hybridized carbons (Fsp3) is 0.951. The Morgan fingerprint density at radius 3 is 1.11 bits per heavy atom. The Morgan fingerprint density at radius 1 is 0.486 bits per heavy atom. The highest BCUT2D eigenvalue weighted by Crippen LogP contribution is 2.38. The molecule has 0 saturated heterocycles. The van der Waals surface area contributed by atoms with Crippen LogP contribution < -0.4 is 10.2 Å². The molecule has 70 heavy (non-hydrogen) atoms. The SMILES string of the molecule is CCCCCCCCCC/C=C\CCCCCCCCCCCCCCCCCCCCCCCCCC(=O)NC(COP(=O)([O-])OCC[N+](C)(C)C)C(O)CCCCCCCCCCCCCCC. The fourth-order valence-electron chi connectivity index (χ4n) is 9.63. The van der Waals surface area contributed by atoms with Crippen molar-refractivity contribution in [2.75, 3.05) is 40.9 Å². The number of phosphoric acid groups is 1. The maximum Gasteiger partial charge on any atom is 0.268 e. The number of amides is 1. The number of allylic oxidation sites excluding steroid dienone is 2. The van der Waals surface area contributed by atoms with Gasteiger partial charge in [-0.2, -0.15) is 0 Å². The van der Waals surface area contributed by atoms with Crippen LogP contribution in [0.2, 0.25) is 0 Å². The lowest BCUT2D eigenvalue weighted by molar-refractivity contribution is -0.870. The summed E-state index contributed by atoms with van der Waals surface area (Å²) in [5, 5.41) is 14.0. The van der Waals surface area contributed by atoms with Gasteiger partial charge in [0.25, 0.3) is 7.82 Å². The highest BCUT2D eigenvalue weighted by atomic mass is 31.2. The largest absolute Gasteiger partial charge is 0.756 e. The molecule has 0 radical (unpaired) electrons. The van der Waals surface area contributed by atoms with Crippen LogP contribution in [0.1, 0.15) is 322 Å². The molecule has 0 fully saturated rings. The molecule has 1 amide bonds. The molecule has 2 N–H and O–H groups in total. The van der Waals surface area contributed by atoms with Crippen molar-refractivity contribution in [2.45, 2.75) is 334 Å². The molecule has 0 heterocycles. The minimum Gasteiger partial charge on any atom is -0.756 e. The van der Waals surface area contributed by atoms with Crippen LogP contribution in [0, 0.1) is 0 Å². The average molecular weight is 1010 g/mol. The average Bonchev–Trinajstić information content (AvgIpc) is 3.32. The Labute approximate surface area is 437 Å². The molecule has 0 aromatic heterocycles. The van der Waals surface area contributed by atoms with Gasteiger partial charge in [-0.1, -0.05) is 289 Å². The highest BCUT2D eigenvalue weighted by Gasteiger charge is 2.24. The molecule has 0 aliphatic rings. The zero-order valence-corrected chi connectivity index (χ0v) is 48.6. The van der Waals surface area contributed by atoms with Crippen LogP contribution in [-0.4, -0.2) is 68.5 Å². The van der Waals surface area contributed by atoms with Gasteiger partial charge in [0.1, 0.15) is 13.2 Å². The van der Waals surface area contributed by atoms with E-state index in [9.17, 15) is 19.4 Å². The van der Waals surface area contributed by atoms with Gasteiger partial charge in [0.2, 0.25) is 5.91 Å². The van der Waals surface area contributed by atoms with Gasteiger partial charge in [-0.25, -0.2) is 0 Å². The first kappa shape index (κ1) is 69.2. The number of aliphatic hydroxyl groups is 1. The van der Waals surface area contributed by atoms with Crippen LogP contribution in [0.25, 0.3) is 0 Å². The van der Waals surface area contributed by atoms with E-state index in [1.54, 1.807) is 0 Å². The number of nitrogens with one attached hydrogen (secondary N) is 1. The molecule has 0 rings (SSSR count). The molecule has 0 spiro atoms. The number of rotatable bonds is 58. The minimum absolute atomic E-state index is 0.0156. The third-order valence-electron chi connectivity index (χ3n) is 14.5. The lowest BCUT2D eigenvalue weighted by Gasteiger charge is -2.30. The smallest absolute Gasteiger partial charge is 0.268 e. The quantitative estimate of drug-likeness (QED) is 0.0272. The van der Waals surface area contributed by atoms with Gasteiger partial charge in [-0.15, -0.1) is 0 Å². The Balaban J connectivity index is 3.89. The normalized spacial score (nSPS) is 13.9. The number of phosphoric ester groups is 1. The summed E-state index contributed by atoms with van der Waals surface area (Å²) in [5.74, 6) is -0.158. The molecular formula is C61H123N2O6P. The molecule has 0 aromatic carbocycles. The summed E-state index contributed by atoms with van der Waals surface area (Å²) >= 11 is 0. The van der Waals surface area contributed by atoms with Gasteiger partial charge >= 0.3 is 0 Å². The Bertz CT molecular complexity index is 1150. The lowest BCUT2D eigenvalue weighted by Crippen LogP contribution is -2.46. The minimum atomic E-state index is -4.57. The number of hydrogen-bond donors (Lipinski definition) is 2. The molecular weight excluding hydrogens is 888 g/mol. The van der Waals surface area contributed by atoms with E-state index in [2.05, 4.69) is 31.3 Å². The number of nitrogens with zero attached hydrogens (tertiary/aromatic N) is 1. The summed E-state index contributed by atoms with van der Waals surface area (Å²) < 4.78 is 23.4. The van der Waals surface area contributed by atoms with Crippen LogP contribution in [0.5, 0.6) is 0 Å². The zero-order chi connectivity index (χ0) is 51.3. The summed E-state index contributed by atoms with van der Waals surface area (Å²) in [6.45, 7) is 4.76. The van der Waals surface area contributed by atoms with Crippen molar-refractivity contribution in [2.24, 2.45) is 0 Å². The second-order valence-corrected chi connectivity index (χ2v) is 24.2. The third-order valence-corrected chi connectivity index (χ3v) is 15.5. The van der Waals surface area contributed by atoms with Crippen molar-refractivity contribution in [3.63, 3.8) is 0 Å². The van der Waals surface area contributed by atoms with Crippen molar-refractivity contribution in [3.05, 3.63) is 12.2 Å². The third kappa shape index (κ3) is 55.0. The summed E-state index contributed by atoms with van der Waals surface area (Å²) in [5.41, 5.74) is 0. The second-order valence-electron chi connectivity index (χ2n) is 22.8. The standard InChI is InChI=1S/C61H123N2O6P/c1-6-8-10-12-14-16-18-20-21-22-23-24-25-26-27-28-29-30-31-32-33-34-35-36-37-38-39-40-41-43-45-47-49-51-53-55-61(65)62-59(58-69-70(66,67)68-57-56-63(3,4)5)60(64)54-52-50-48-46-44-42-19-17-15-13-11-9-7-2/h22-23,59-60,64H,6-21,24-58H2,1-5H3,(H-,62,65,66,67)/b23-22-. The molecule has 0 aliphatic heterocycles. The number of aliphatic hydroxyl groups excluding tert-OH is 1. The molecule has 9 heteroatoms. The van der Waals surface area contributed by atoms with Crippen molar-refractivity contribution in [1.82, 2.24) is 5.32 Å². The van der Waals surface area contributed by atoms with Gasteiger partial charge in [-0.05, 0) is 38.5 Å². The number of unbranched alkanes of at least 4 members (excludes halogenated alkanes) is 43. The van der Waals surface area contributed by atoms with E-state index in [-0.39, 0.29) is 19.1 Å². The number of carbonyl (C=O) groups is 1. The van der Waals surface area contributed by atoms with E-state index in [0.29, 0.717) is 23.9 Å². The number of hydrogen-bond acceptors (Lipinski definition) is 6. The van der Waals surface area contributed by atoms with E-state index >= 15 is 0 Å². The summed E-state index contributed by atoms with van der Waals surface area (Å²) in [7, 11) is 1.32. The van der Waals surface area contributed by atoms with E-state index < -0.39 is 20.0 Å². The van der Waals surface area contributed by atoms with Crippen LogP contribution >= 0.6 is 7.82 Å². The highest BCUT2D eigenvalue weighted by molar-refractivity contribution is 7.45. The van der Waals surface area contributed by atoms with Crippen molar-refractivity contribution < 1.29 is 32.9 Å². The summed E-state index contributed by atoms with van der Waals surface area (Å²) in [6, 6.07) is -0.795. The monoisotopic (exact) mass is 1010 g/mol. The van der Waals surface area contributed by atoms with Crippen molar-refractivity contribution in [1.29, 1.82) is 0 Å². The van der Waals surface area contributed by atoms with Gasteiger partial charge in [-0.3, -0.25) is 9.36 Å². The molecule has 0 aromatic rings. The Morgan fingerprint density at radius 2 is 0.786 bits per heavy atom. The number of carbonyl (C=O) groups excluding carboxylic acids is 1. The predicted octanol–water partition coefficient (Wildman–Crippen LogP) is 18.4. The van der Waals surface area contributed by atoms with Gasteiger partial charge in [0, 0.05) is 6.42 Å². The first-order valence-corrected chi connectivity index (χ1v) is 32.5. The zero-order valence-electron chi connectivity index (χ0n) is 47.8. The fourth-order valence-corrected chi connectivity index (χ4v) is 10.4. The number of quaternary nitrogens is 1. The maximum absolute atomic E-state index is 13.0. The van der Waals surface area contributed by atoms with E-state index in [0.717, 1.165) is 38.5 Å².